The molecule has 4 rings (SSSR count). The van der Waals surface area contributed by atoms with E-state index in [2.05, 4.69) is 41.3 Å². The van der Waals surface area contributed by atoms with Gasteiger partial charge in [-0.25, -0.2) is 4.79 Å². The normalized spacial score (nSPS) is 15.2. The molecule has 1 aromatic heterocycles. The molecular weight excluding hydrogens is 404 g/mol. The number of aryl methyl sites for hydroxylation is 2. The Bertz CT molecular complexity index is 1290. The van der Waals surface area contributed by atoms with Gasteiger partial charge in [0.15, 0.2) is 5.78 Å². The fraction of sp³-hybridized carbons (Fsp3) is 0.320. The van der Waals surface area contributed by atoms with Gasteiger partial charge in [-0.15, -0.1) is 0 Å². The van der Waals surface area contributed by atoms with E-state index >= 15 is 0 Å². The maximum Gasteiger partial charge on any atom is 0.332 e. The lowest BCUT2D eigenvalue weighted by atomic mass is 10.0. The molecule has 7 nitrogen and oxygen atoms in total. The molecule has 0 bridgehead atoms. The fourth-order valence-electron chi connectivity index (χ4n) is 4.50. The van der Waals surface area contributed by atoms with Gasteiger partial charge in [-0.05, 0) is 36.5 Å². The summed E-state index contributed by atoms with van der Waals surface area (Å²) in [6.07, 6.45) is 1.85. The molecule has 32 heavy (non-hydrogen) atoms. The van der Waals surface area contributed by atoms with Crippen LogP contribution < -0.4 is 17.0 Å². The van der Waals surface area contributed by atoms with Crippen LogP contribution in [0.1, 0.15) is 45.1 Å². The van der Waals surface area contributed by atoms with Crippen LogP contribution in [0.5, 0.6) is 0 Å². The van der Waals surface area contributed by atoms with Crippen LogP contribution in [0.3, 0.4) is 0 Å². The van der Waals surface area contributed by atoms with E-state index < -0.39 is 11.2 Å². The molecule has 7 heteroatoms. The van der Waals surface area contributed by atoms with Crippen molar-refractivity contribution in [2.24, 2.45) is 14.1 Å². The minimum atomic E-state index is -0.655. The summed E-state index contributed by atoms with van der Waals surface area (Å²) in [5.41, 5.74) is 9.47. The first-order chi connectivity index (χ1) is 15.3. The Morgan fingerprint density at radius 1 is 1.06 bits per heavy atom. The third-order valence-electron chi connectivity index (χ3n) is 6.38. The lowest BCUT2D eigenvalue weighted by molar-refractivity contribution is 0.0878. The lowest BCUT2D eigenvalue weighted by Gasteiger charge is -2.29. The average Bonchev–Trinajstić information content (AvgIpc) is 3.22. The highest BCUT2D eigenvalue weighted by atomic mass is 16.2. The molecule has 1 atom stereocenters. The number of nitrogen functional groups attached to an aromatic ring is 1. The van der Waals surface area contributed by atoms with Gasteiger partial charge in [0, 0.05) is 26.7 Å². The fourth-order valence-corrected chi connectivity index (χ4v) is 4.50. The van der Waals surface area contributed by atoms with Crippen molar-refractivity contribution in [3.63, 3.8) is 0 Å². The monoisotopic (exact) mass is 432 g/mol. The molecule has 0 saturated heterocycles. The van der Waals surface area contributed by atoms with E-state index in [1.807, 2.05) is 19.1 Å². The number of rotatable bonds is 6. The molecule has 0 radical (unpaired) electrons. The number of hydrogen-bond donors (Lipinski definition) is 1. The number of aromatic nitrogens is 2. The highest BCUT2D eigenvalue weighted by Crippen LogP contribution is 2.36. The van der Waals surface area contributed by atoms with E-state index in [-0.39, 0.29) is 29.8 Å². The molecule has 0 fully saturated rings. The van der Waals surface area contributed by atoms with Crippen LogP contribution in [0.4, 0.5) is 5.82 Å². The van der Waals surface area contributed by atoms with Crippen molar-refractivity contribution in [1.29, 1.82) is 0 Å². The Morgan fingerprint density at radius 3 is 2.47 bits per heavy atom. The number of carbonyl (C=O) groups is 1. The highest BCUT2D eigenvalue weighted by molar-refractivity contribution is 6.01. The Labute approximate surface area is 186 Å². The summed E-state index contributed by atoms with van der Waals surface area (Å²) in [4.78, 5) is 40.4. The molecule has 2 aromatic carbocycles. The molecule has 0 spiro atoms. The largest absolute Gasteiger partial charge is 0.384 e. The molecule has 0 saturated carbocycles. The molecule has 3 aromatic rings. The Balaban J connectivity index is 1.72. The molecule has 1 unspecified atom stereocenters. The number of carbonyl (C=O) groups excluding carboxylic acids is 1. The number of Topliss-reactive ketones (excluding diaryl/α,β-unsaturated/α-hetero) is 1. The minimum Gasteiger partial charge on any atom is -0.384 e. The van der Waals surface area contributed by atoms with Gasteiger partial charge in [0.25, 0.3) is 5.56 Å². The van der Waals surface area contributed by atoms with Crippen LogP contribution in [-0.2, 0) is 27.1 Å². The first-order valence-electron chi connectivity index (χ1n) is 10.7. The molecule has 166 valence electrons. The molecule has 1 heterocycles. The van der Waals surface area contributed by atoms with Crippen molar-refractivity contribution >= 4 is 11.6 Å². The third kappa shape index (κ3) is 3.91. The second-order valence-corrected chi connectivity index (χ2v) is 8.53. The zero-order chi connectivity index (χ0) is 23.0. The molecular formula is C25H28N4O3. The molecule has 2 N–H and O–H groups in total. The summed E-state index contributed by atoms with van der Waals surface area (Å²) in [7, 11) is 2.82. The standard InChI is InChI=1S/C25H28N4O3/c1-16-8-10-17(11-9-16)14-29(20-13-12-18-6-4-5-7-19(18)20)15-21(30)22-23(26)27(2)25(32)28(3)24(22)31/h4-11,20H,12-15,26H2,1-3H3. The number of anilines is 1. The first-order valence-corrected chi connectivity index (χ1v) is 10.7. The van der Waals surface area contributed by atoms with E-state index in [1.165, 1.54) is 30.8 Å². The molecule has 1 aliphatic rings. The third-order valence-corrected chi connectivity index (χ3v) is 6.38. The van der Waals surface area contributed by atoms with E-state index in [0.717, 1.165) is 27.5 Å². The van der Waals surface area contributed by atoms with Gasteiger partial charge in [0.05, 0.1) is 6.54 Å². The van der Waals surface area contributed by atoms with Gasteiger partial charge in [-0.3, -0.25) is 23.6 Å². The number of nitrogens with zero attached hydrogens (tertiary/aromatic N) is 3. The predicted molar refractivity (Wildman–Crippen MR) is 125 cm³/mol. The summed E-state index contributed by atoms with van der Waals surface area (Å²) in [6, 6.07) is 16.6. The number of benzene rings is 2. The van der Waals surface area contributed by atoms with Crippen LogP contribution in [0.2, 0.25) is 0 Å². The average molecular weight is 433 g/mol. The molecule has 0 amide bonds. The van der Waals surface area contributed by atoms with Crippen molar-refractivity contribution < 1.29 is 4.79 Å². The van der Waals surface area contributed by atoms with Gasteiger partial charge in [0.2, 0.25) is 0 Å². The van der Waals surface area contributed by atoms with Crippen molar-refractivity contribution in [2.45, 2.75) is 32.4 Å². The molecule has 0 aliphatic heterocycles. The van der Waals surface area contributed by atoms with Crippen LogP contribution in [0.15, 0.2) is 58.1 Å². The summed E-state index contributed by atoms with van der Waals surface area (Å²) < 4.78 is 2.07. The lowest BCUT2D eigenvalue weighted by Crippen LogP contribution is -2.43. The van der Waals surface area contributed by atoms with Gasteiger partial charge in [0.1, 0.15) is 11.4 Å². The Kier molecular flexibility index (Phi) is 5.84. The summed E-state index contributed by atoms with van der Waals surface area (Å²) in [5.74, 6) is -0.472. The number of ketones is 1. The van der Waals surface area contributed by atoms with E-state index in [0.29, 0.717) is 6.54 Å². The van der Waals surface area contributed by atoms with Gasteiger partial charge in [-0.1, -0.05) is 54.1 Å². The minimum absolute atomic E-state index is 0.0323. The Morgan fingerprint density at radius 2 is 1.75 bits per heavy atom. The summed E-state index contributed by atoms with van der Waals surface area (Å²) in [6.45, 7) is 2.64. The maximum absolute atomic E-state index is 13.4. The molecule has 1 aliphatic carbocycles. The summed E-state index contributed by atoms with van der Waals surface area (Å²) >= 11 is 0. The van der Waals surface area contributed by atoms with Crippen molar-refractivity contribution in [1.82, 2.24) is 14.0 Å². The first kappa shape index (κ1) is 21.8. The zero-order valence-electron chi connectivity index (χ0n) is 18.7. The summed E-state index contributed by atoms with van der Waals surface area (Å²) in [5, 5.41) is 0. The van der Waals surface area contributed by atoms with Gasteiger partial charge in [-0.2, -0.15) is 0 Å². The van der Waals surface area contributed by atoms with Crippen molar-refractivity contribution in [3.8, 4) is 0 Å². The van der Waals surface area contributed by atoms with Crippen LogP contribution in [0, 0.1) is 6.92 Å². The van der Waals surface area contributed by atoms with E-state index in [9.17, 15) is 14.4 Å². The second kappa shape index (κ2) is 8.59. The van der Waals surface area contributed by atoms with Crippen molar-refractivity contribution in [3.05, 3.63) is 97.2 Å². The predicted octanol–water partition coefficient (Wildman–Crippen LogP) is 2.35. The van der Waals surface area contributed by atoms with Gasteiger partial charge < -0.3 is 5.73 Å². The maximum atomic E-state index is 13.4. The van der Waals surface area contributed by atoms with E-state index in [4.69, 9.17) is 5.73 Å². The van der Waals surface area contributed by atoms with Crippen LogP contribution >= 0.6 is 0 Å². The van der Waals surface area contributed by atoms with Gasteiger partial charge >= 0.3 is 5.69 Å². The van der Waals surface area contributed by atoms with Crippen molar-refractivity contribution in [2.75, 3.05) is 12.3 Å². The number of fused-ring (bicyclic) bond motifs is 1. The van der Waals surface area contributed by atoms with E-state index in [1.54, 1.807) is 0 Å². The van der Waals surface area contributed by atoms with Crippen LogP contribution in [-0.4, -0.2) is 26.4 Å². The smallest absolute Gasteiger partial charge is 0.332 e. The topological polar surface area (TPSA) is 90.3 Å². The highest BCUT2D eigenvalue weighted by Gasteiger charge is 2.31. The number of nitrogens with two attached hydrogens (primary N) is 1. The zero-order valence-corrected chi connectivity index (χ0v) is 18.7. The Hall–Kier alpha value is -3.45. The number of hydrogen-bond acceptors (Lipinski definition) is 5. The second-order valence-electron chi connectivity index (χ2n) is 8.53. The quantitative estimate of drug-likeness (QED) is 0.604. The van der Waals surface area contributed by atoms with Crippen LogP contribution in [0.25, 0.3) is 0 Å². The SMILES string of the molecule is Cc1ccc(CN(CC(=O)c2c(N)n(C)c(=O)n(C)c2=O)C2CCc3ccccc32)cc1.